The molecule has 1 aromatic heterocycles. The van der Waals surface area contributed by atoms with E-state index in [4.69, 9.17) is 11.6 Å². The first-order chi connectivity index (χ1) is 5.40. The van der Waals surface area contributed by atoms with Gasteiger partial charge in [0.2, 0.25) is 0 Å². The smallest absolute Gasteiger partial charge is 0.0647 e. The maximum atomic E-state index is 5.66. The zero-order valence-corrected chi connectivity index (χ0v) is 7.58. The summed E-state index contributed by atoms with van der Waals surface area (Å²) in [6.07, 6.45) is 1.95. The highest BCUT2D eigenvalue weighted by Gasteiger charge is 2.11. The number of halogens is 1. The number of pyridine rings is 1. The highest BCUT2D eigenvalue weighted by molar-refractivity contribution is 7.98. The van der Waals surface area contributed by atoms with Crippen molar-refractivity contribution in [3.05, 3.63) is 29.1 Å². The van der Waals surface area contributed by atoms with E-state index >= 15 is 0 Å². The summed E-state index contributed by atoms with van der Waals surface area (Å²) in [5, 5.41) is 0. The number of nitrogens with zero attached hydrogens (tertiary/aromatic N) is 1. The normalized spacial score (nSPS) is 15.0. The first kappa shape index (κ1) is 7.44. The van der Waals surface area contributed by atoms with Crippen LogP contribution >= 0.6 is 23.4 Å². The lowest BCUT2D eigenvalue weighted by atomic mass is 10.2. The minimum Gasteiger partial charge on any atom is -0.260 e. The predicted molar refractivity (Wildman–Crippen MR) is 48.8 cm³/mol. The van der Waals surface area contributed by atoms with Crippen molar-refractivity contribution in [2.75, 3.05) is 0 Å². The van der Waals surface area contributed by atoms with Gasteiger partial charge in [0.1, 0.15) is 0 Å². The molecule has 11 heavy (non-hydrogen) atoms. The summed E-state index contributed by atoms with van der Waals surface area (Å²) in [7, 11) is 0. The van der Waals surface area contributed by atoms with Gasteiger partial charge in [-0.2, -0.15) is 11.8 Å². The minimum atomic E-state index is 0.526. The fourth-order valence-corrected chi connectivity index (χ4v) is 2.40. The molecule has 0 fully saturated rings. The molecule has 0 aliphatic carbocycles. The SMILES string of the molecule is ClCc1cc2c(cn1)CSC2. The van der Waals surface area contributed by atoms with E-state index in [2.05, 4.69) is 11.1 Å². The Labute approximate surface area is 75.2 Å². The number of hydrogen-bond acceptors (Lipinski definition) is 2. The molecule has 0 aromatic carbocycles. The first-order valence-corrected chi connectivity index (χ1v) is 5.19. The molecule has 0 radical (unpaired) electrons. The van der Waals surface area contributed by atoms with Crippen LogP contribution in [0.1, 0.15) is 16.8 Å². The summed E-state index contributed by atoms with van der Waals surface area (Å²) in [5.74, 6) is 2.77. The number of rotatable bonds is 1. The quantitative estimate of drug-likeness (QED) is 0.624. The molecule has 1 aromatic rings. The zero-order valence-electron chi connectivity index (χ0n) is 6.01. The van der Waals surface area contributed by atoms with Crippen LogP contribution < -0.4 is 0 Å². The number of fused-ring (bicyclic) bond motifs is 1. The largest absolute Gasteiger partial charge is 0.260 e. The van der Waals surface area contributed by atoms with Crippen LogP contribution in [-0.4, -0.2) is 4.98 Å². The standard InChI is InChI=1S/C8H8ClNS/c9-2-8-1-6-4-11-5-7(6)3-10-8/h1,3H,2,4-5H2. The molecular weight excluding hydrogens is 178 g/mol. The Morgan fingerprint density at radius 3 is 3.09 bits per heavy atom. The number of aromatic nitrogens is 1. The molecule has 1 aliphatic rings. The van der Waals surface area contributed by atoms with E-state index in [1.165, 1.54) is 11.1 Å². The fourth-order valence-electron chi connectivity index (χ4n) is 1.18. The summed E-state index contributed by atoms with van der Waals surface area (Å²) in [4.78, 5) is 4.22. The fraction of sp³-hybridized carbons (Fsp3) is 0.375. The second-order valence-corrected chi connectivity index (χ2v) is 3.82. The van der Waals surface area contributed by atoms with Gasteiger partial charge >= 0.3 is 0 Å². The van der Waals surface area contributed by atoms with Crippen LogP contribution in [0.4, 0.5) is 0 Å². The molecule has 2 heterocycles. The molecule has 0 saturated heterocycles. The van der Waals surface area contributed by atoms with Gasteiger partial charge in [-0.25, -0.2) is 0 Å². The van der Waals surface area contributed by atoms with Gasteiger partial charge in [-0.3, -0.25) is 4.98 Å². The van der Waals surface area contributed by atoms with Gasteiger partial charge in [-0.1, -0.05) is 0 Å². The van der Waals surface area contributed by atoms with E-state index in [0.29, 0.717) is 5.88 Å². The van der Waals surface area contributed by atoms with Crippen LogP contribution in [0.2, 0.25) is 0 Å². The molecule has 0 amide bonds. The van der Waals surface area contributed by atoms with Gasteiger partial charge in [0.25, 0.3) is 0 Å². The third-order valence-corrected chi connectivity index (χ3v) is 3.10. The molecule has 58 valence electrons. The van der Waals surface area contributed by atoms with Crippen molar-refractivity contribution < 1.29 is 0 Å². The van der Waals surface area contributed by atoms with Gasteiger partial charge in [0.15, 0.2) is 0 Å². The lowest BCUT2D eigenvalue weighted by Crippen LogP contribution is -1.89. The van der Waals surface area contributed by atoms with E-state index in [1.807, 2.05) is 18.0 Å². The topological polar surface area (TPSA) is 12.9 Å². The molecule has 0 atom stereocenters. The van der Waals surface area contributed by atoms with Crippen LogP contribution in [0.15, 0.2) is 12.3 Å². The van der Waals surface area contributed by atoms with Crippen LogP contribution in [0.25, 0.3) is 0 Å². The molecule has 2 rings (SSSR count). The van der Waals surface area contributed by atoms with Crippen LogP contribution in [0.5, 0.6) is 0 Å². The van der Waals surface area contributed by atoms with E-state index in [-0.39, 0.29) is 0 Å². The number of hydrogen-bond donors (Lipinski definition) is 0. The van der Waals surface area contributed by atoms with Gasteiger partial charge < -0.3 is 0 Å². The molecule has 1 nitrogen and oxygen atoms in total. The number of alkyl halides is 1. The maximum absolute atomic E-state index is 5.66. The minimum absolute atomic E-state index is 0.526. The molecule has 0 saturated carbocycles. The van der Waals surface area contributed by atoms with Gasteiger partial charge in [-0.15, -0.1) is 11.6 Å². The maximum Gasteiger partial charge on any atom is 0.0647 e. The monoisotopic (exact) mass is 185 g/mol. The first-order valence-electron chi connectivity index (χ1n) is 3.50. The Balaban J connectivity index is 2.41. The Hall–Kier alpha value is -0.210. The third kappa shape index (κ3) is 1.37. The lowest BCUT2D eigenvalue weighted by molar-refractivity contribution is 1.12. The Morgan fingerprint density at radius 1 is 1.45 bits per heavy atom. The molecular formula is C8H8ClNS. The lowest BCUT2D eigenvalue weighted by Gasteiger charge is -1.98. The molecule has 3 heteroatoms. The molecule has 0 bridgehead atoms. The third-order valence-electron chi connectivity index (χ3n) is 1.79. The van der Waals surface area contributed by atoms with E-state index < -0.39 is 0 Å². The van der Waals surface area contributed by atoms with Gasteiger partial charge in [0, 0.05) is 17.7 Å². The average Bonchev–Trinajstić information content (AvgIpc) is 2.50. The zero-order chi connectivity index (χ0) is 7.68. The number of thioether (sulfide) groups is 1. The average molecular weight is 186 g/mol. The van der Waals surface area contributed by atoms with E-state index in [1.54, 1.807) is 0 Å². The highest BCUT2D eigenvalue weighted by Crippen LogP contribution is 2.29. The van der Waals surface area contributed by atoms with E-state index in [0.717, 1.165) is 17.2 Å². The van der Waals surface area contributed by atoms with Crippen molar-refractivity contribution in [2.24, 2.45) is 0 Å². The second-order valence-electron chi connectivity index (χ2n) is 2.57. The summed E-state index contributed by atoms with van der Waals surface area (Å²) in [5.41, 5.74) is 3.79. The van der Waals surface area contributed by atoms with Crippen LogP contribution in [0.3, 0.4) is 0 Å². The molecule has 0 spiro atoms. The van der Waals surface area contributed by atoms with Crippen molar-refractivity contribution >= 4 is 23.4 Å². The second kappa shape index (κ2) is 3.03. The van der Waals surface area contributed by atoms with Crippen LogP contribution in [0, 0.1) is 0 Å². The van der Waals surface area contributed by atoms with Crippen molar-refractivity contribution in [2.45, 2.75) is 17.4 Å². The van der Waals surface area contributed by atoms with Gasteiger partial charge in [0.05, 0.1) is 11.6 Å². The van der Waals surface area contributed by atoms with Crippen molar-refractivity contribution in [3.8, 4) is 0 Å². The highest BCUT2D eigenvalue weighted by atomic mass is 35.5. The molecule has 1 aliphatic heterocycles. The molecule has 0 unspecified atom stereocenters. The summed E-state index contributed by atoms with van der Waals surface area (Å²) in [6, 6.07) is 2.11. The Kier molecular flexibility index (Phi) is 2.05. The molecule has 0 N–H and O–H groups in total. The van der Waals surface area contributed by atoms with Crippen molar-refractivity contribution in [1.82, 2.24) is 4.98 Å². The summed E-state index contributed by atoms with van der Waals surface area (Å²) < 4.78 is 0. The van der Waals surface area contributed by atoms with Crippen molar-refractivity contribution in [1.29, 1.82) is 0 Å². The van der Waals surface area contributed by atoms with Crippen molar-refractivity contribution in [3.63, 3.8) is 0 Å². The predicted octanol–water partition coefficient (Wildman–Crippen LogP) is 2.57. The van der Waals surface area contributed by atoms with Crippen LogP contribution in [-0.2, 0) is 17.4 Å². The van der Waals surface area contributed by atoms with E-state index in [9.17, 15) is 0 Å². The summed E-state index contributed by atoms with van der Waals surface area (Å²) in [6.45, 7) is 0. The Bertz CT molecular complexity index is 275. The van der Waals surface area contributed by atoms with Gasteiger partial charge in [-0.05, 0) is 17.2 Å². The Morgan fingerprint density at radius 2 is 2.27 bits per heavy atom. The summed E-state index contributed by atoms with van der Waals surface area (Å²) >= 11 is 7.60.